The maximum absolute atomic E-state index is 4.25. The molecule has 2 rings (SSSR count). The van der Waals surface area contributed by atoms with Crippen molar-refractivity contribution in [2.75, 3.05) is 0 Å². The van der Waals surface area contributed by atoms with Crippen LogP contribution in [0.15, 0.2) is 39.5 Å². The van der Waals surface area contributed by atoms with Gasteiger partial charge < -0.3 is 0 Å². The fourth-order valence-corrected chi connectivity index (χ4v) is 1.52. The molecule has 0 fully saturated rings. The summed E-state index contributed by atoms with van der Waals surface area (Å²) >= 11 is 3.33. The van der Waals surface area contributed by atoms with Gasteiger partial charge in [0.15, 0.2) is 0 Å². The van der Waals surface area contributed by atoms with E-state index in [0.717, 1.165) is 16.7 Å². The first-order valence-corrected chi connectivity index (χ1v) is 3.98. The van der Waals surface area contributed by atoms with E-state index in [2.05, 4.69) is 39.2 Å². The Morgan fingerprint density at radius 3 is 3.20 bits per heavy atom. The van der Waals surface area contributed by atoms with Crippen molar-refractivity contribution in [3.8, 4) is 0 Å². The second kappa shape index (κ2) is 2.20. The SMILES string of the molecule is BrC1=CC2=CCC=CC2=N1. The Labute approximate surface area is 68.0 Å². The van der Waals surface area contributed by atoms with E-state index in [9.17, 15) is 0 Å². The third kappa shape index (κ3) is 0.886. The lowest BCUT2D eigenvalue weighted by atomic mass is 10.1. The van der Waals surface area contributed by atoms with Gasteiger partial charge in [-0.15, -0.1) is 0 Å². The van der Waals surface area contributed by atoms with E-state index in [0.29, 0.717) is 0 Å². The Kier molecular flexibility index (Phi) is 1.34. The van der Waals surface area contributed by atoms with Crippen LogP contribution in [0.3, 0.4) is 0 Å². The monoisotopic (exact) mass is 195 g/mol. The summed E-state index contributed by atoms with van der Waals surface area (Å²) in [6, 6.07) is 0. The zero-order valence-corrected chi connectivity index (χ0v) is 6.93. The molecule has 0 bridgehead atoms. The third-order valence-electron chi connectivity index (χ3n) is 1.55. The molecule has 0 aromatic heterocycles. The lowest BCUT2D eigenvalue weighted by Gasteiger charge is -1.99. The number of hydrogen-bond acceptors (Lipinski definition) is 1. The quantitative estimate of drug-likeness (QED) is 0.528. The number of fused-ring (bicyclic) bond motifs is 1. The van der Waals surface area contributed by atoms with Gasteiger partial charge >= 0.3 is 0 Å². The van der Waals surface area contributed by atoms with Gasteiger partial charge in [-0.25, -0.2) is 4.99 Å². The Hall–Kier alpha value is -0.630. The summed E-state index contributed by atoms with van der Waals surface area (Å²) in [5, 5.41) is 0. The van der Waals surface area contributed by atoms with Crippen LogP contribution in [0.4, 0.5) is 0 Å². The zero-order chi connectivity index (χ0) is 6.97. The molecule has 50 valence electrons. The Bertz CT molecular complexity index is 282. The van der Waals surface area contributed by atoms with Crippen LogP contribution in [0.2, 0.25) is 0 Å². The first kappa shape index (κ1) is 6.10. The standard InChI is InChI=1S/C8H6BrN/c9-8-5-6-3-1-2-4-7(6)10-8/h2-5H,1H2. The van der Waals surface area contributed by atoms with E-state index in [-0.39, 0.29) is 0 Å². The first-order valence-electron chi connectivity index (χ1n) is 3.19. The van der Waals surface area contributed by atoms with Gasteiger partial charge in [-0.2, -0.15) is 0 Å². The van der Waals surface area contributed by atoms with Gasteiger partial charge in [0.2, 0.25) is 0 Å². The van der Waals surface area contributed by atoms with Gasteiger partial charge in [0.05, 0.1) is 5.71 Å². The van der Waals surface area contributed by atoms with Crippen LogP contribution in [0.5, 0.6) is 0 Å². The van der Waals surface area contributed by atoms with Crippen LogP contribution in [-0.4, -0.2) is 5.71 Å². The van der Waals surface area contributed by atoms with Crippen molar-refractivity contribution in [2.45, 2.75) is 6.42 Å². The maximum Gasteiger partial charge on any atom is 0.107 e. The molecule has 2 aliphatic rings. The molecule has 0 amide bonds. The number of halogens is 1. The maximum atomic E-state index is 4.25. The highest BCUT2D eigenvalue weighted by Gasteiger charge is 2.10. The topological polar surface area (TPSA) is 12.4 Å². The van der Waals surface area contributed by atoms with Crippen molar-refractivity contribution in [1.29, 1.82) is 0 Å². The van der Waals surface area contributed by atoms with Crippen molar-refractivity contribution >= 4 is 21.6 Å². The van der Waals surface area contributed by atoms with Gasteiger partial charge in [-0.1, -0.05) is 12.2 Å². The van der Waals surface area contributed by atoms with E-state index in [1.165, 1.54) is 5.57 Å². The summed E-state index contributed by atoms with van der Waals surface area (Å²) in [7, 11) is 0. The number of nitrogens with zero attached hydrogens (tertiary/aromatic N) is 1. The van der Waals surface area contributed by atoms with E-state index < -0.39 is 0 Å². The number of rotatable bonds is 0. The highest BCUT2D eigenvalue weighted by Crippen LogP contribution is 2.23. The minimum Gasteiger partial charge on any atom is -0.241 e. The van der Waals surface area contributed by atoms with Crippen LogP contribution in [0.25, 0.3) is 0 Å². The Morgan fingerprint density at radius 1 is 1.50 bits per heavy atom. The van der Waals surface area contributed by atoms with Crippen molar-refractivity contribution < 1.29 is 0 Å². The highest BCUT2D eigenvalue weighted by atomic mass is 79.9. The largest absolute Gasteiger partial charge is 0.241 e. The summed E-state index contributed by atoms with van der Waals surface area (Å²) in [5.41, 5.74) is 2.33. The summed E-state index contributed by atoms with van der Waals surface area (Å²) in [5.74, 6) is 0. The lowest BCUT2D eigenvalue weighted by molar-refractivity contribution is 1.36. The molecular weight excluding hydrogens is 190 g/mol. The molecule has 2 heteroatoms. The first-order chi connectivity index (χ1) is 4.86. The van der Waals surface area contributed by atoms with E-state index in [1.807, 2.05) is 6.08 Å². The molecule has 10 heavy (non-hydrogen) atoms. The molecule has 0 N–H and O–H groups in total. The zero-order valence-electron chi connectivity index (χ0n) is 5.34. The molecule has 0 unspecified atom stereocenters. The van der Waals surface area contributed by atoms with E-state index in [1.54, 1.807) is 0 Å². The average Bonchev–Trinajstić information content (AvgIpc) is 2.27. The normalized spacial score (nSPS) is 21.5. The minimum atomic E-state index is 0.931. The molecular formula is C8H6BrN. The number of hydrogen-bond donors (Lipinski definition) is 0. The Balaban J connectivity index is 2.46. The van der Waals surface area contributed by atoms with Gasteiger partial charge in [-0.3, -0.25) is 0 Å². The molecule has 1 aliphatic carbocycles. The molecule has 0 saturated carbocycles. The molecule has 0 spiro atoms. The fourth-order valence-electron chi connectivity index (χ4n) is 1.09. The fraction of sp³-hybridized carbons (Fsp3) is 0.125. The lowest BCUT2D eigenvalue weighted by Crippen LogP contribution is -1.95. The summed E-state index contributed by atoms with van der Waals surface area (Å²) in [6.07, 6.45) is 9.42. The molecule has 0 radical (unpaired) electrons. The third-order valence-corrected chi connectivity index (χ3v) is 1.95. The van der Waals surface area contributed by atoms with Crippen LogP contribution in [-0.2, 0) is 0 Å². The second-order valence-corrected chi connectivity index (χ2v) is 3.07. The van der Waals surface area contributed by atoms with Crippen molar-refractivity contribution in [2.24, 2.45) is 4.99 Å². The van der Waals surface area contributed by atoms with Crippen LogP contribution in [0.1, 0.15) is 6.42 Å². The molecule has 0 aromatic rings. The van der Waals surface area contributed by atoms with Crippen LogP contribution < -0.4 is 0 Å². The van der Waals surface area contributed by atoms with Crippen LogP contribution >= 0.6 is 15.9 Å². The molecule has 0 saturated heterocycles. The minimum absolute atomic E-state index is 0.931. The summed E-state index contributed by atoms with van der Waals surface area (Å²) in [6.45, 7) is 0. The smallest absolute Gasteiger partial charge is 0.107 e. The molecule has 1 aliphatic heterocycles. The highest BCUT2D eigenvalue weighted by molar-refractivity contribution is 9.11. The molecule has 0 aromatic carbocycles. The molecule has 0 atom stereocenters. The van der Waals surface area contributed by atoms with E-state index >= 15 is 0 Å². The van der Waals surface area contributed by atoms with Crippen LogP contribution in [0, 0.1) is 0 Å². The summed E-state index contributed by atoms with van der Waals surface area (Å²) in [4.78, 5) is 4.25. The van der Waals surface area contributed by atoms with Gasteiger partial charge in [0.1, 0.15) is 4.61 Å². The van der Waals surface area contributed by atoms with Crippen molar-refractivity contribution in [3.63, 3.8) is 0 Å². The Morgan fingerprint density at radius 2 is 2.40 bits per heavy atom. The average molecular weight is 196 g/mol. The summed E-state index contributed by atoms with van der Waals surface area (Å²) < 4.78 is 0.931. The van der Waals surface area contributed by atoms with Gasteiger partial charge in [-0.05, 0) is 40.1 Å². The molecule has 1 nitrogen and oxygen atoms in total. The number of aliphatic imine (C=N–C) groups is 1. The van der Waals surface area contributed by atoms with Crippen molar-refractivity contribution in [3.05, 3.63) is 34.5 Å². The second-order valence-electron chi connectivity index (χ2n) is 2.26. The van der Waals surface area contributed by atoms with Crippen molar-refractivity contribution in [1.82, 2.24) is 0 Å². The van der Waals surface area contributed by atoms with Gasteiger partial charge in [0.25, 0.3) is 0 Å². The number of allylic oxidation sites excluding steroid dienone is 5. The van der Waals surface area contributed by atoms with Gasteiger partial charge in [0, 0.05) is 0 Å². The van der Waals surface area contributed by atoms with E-state index in [4.69, 9.17) is 0 Å². The predicted octanol–water partition coefficient (Wildman–Crippen LogP) is 2.56. The molecule has 1 heterocycles. The predicted molar refractivity (Wildman–Crippen MR) is 46.3 cm³/mol.